The molecule has 0 atom stereocenters. The van der Waals surface area contributed by atoms with E-state index in [9.17, 15) is 13.2 Å². The second kappa shape index (κ2) is 8.12. The van der Waals surface area contributed by atoms with Gasteiger partial charge in [-0.3, -0.25) is 5.41 Å². The molecule has 1 fully saturated rings. The van der Waals surface area contributed by atoms with Gasteiger partial charge in [-0.1, -0.05) is 6.07 Å². The Morgan fingerprint density at radius 1 is 1.11 bits per heavy atom. The minimum absolute atomic E-state index is 0. The summed E-state index contributed by atoms with van der Waals surface area (Å²) >= 11 is 0. The van der Waals surface area contributed by atoms with Crippen molar-refractivity contribution in [3.8, 4) is 0 Å². The van der Waals surface area contributed by atoms with Gasteiger partial charge in [-0.15, -0.1) is 0 Å². The first-order chi connectivity index (χ1) is 12.3. The van der Waals surface area contributed by atoms with Crippen molar-refractivity contribution in [1.29, 1.82) is 5.41 Å². The first-order valence-electron chi connectivity index (χ1n) is 9.14. The number of sulfonamides is 1. The van der Waals surface area contributed by atoms with Crippen molar-refractivity contribution < 1.29 is 13.2 Å². The van der Waals surface area contributed by atoms with Gasteiger partial charge in [0.1, 0.15) is 5.25 Å². The fraction of sp³-hybridized carbons (Fsp3) is 0.556. The van der Waals surface area contributed by atoms with Crippen molar-refractivity contribution in [2.45, 2.75) is 50.7 Å². The molecule has 1 aliphatic heterocycles. The number of fused-ring (bicyclic) bond motifs is 2. The zero-order valence-corrected chi connectivity index (χ0v) is 19.8. The third-order valence-corrected chi connectivity index (χ3v) is 7.35. The summed E-state index contributed by atoms with van der Waals surface area (Å²) in [4.78, 5) is 14.1. The third kappa shape index (κ3) is 4.13. The van der Waals surface area contributed by atoms with Gasteiger partial charge in [-0.25, -0.2) is 17.9 Å². The van der Waals surface area contributed by atoms with Crippen LogP contribution >= 0.6 is 0 Å². The van der Waals surface area contributed by atoms with E-state index in [2.05, 4.69) is 16.1 Å². The van der Waals surface area contributed by atoms with Crippen molar-refractivity contribution in [3.63, 3.8) is 0 Å². The van der Waals surface area contributed by atoms with Gasteiger partial charge in [-0.05, 0) is 67.7 Å². The monoisotopic (exact) mass is 415 g/mol. The molecule has 141 valence electrons. The average molecular weight is 416 g/mol. The Bertz CT molecular complexity index is 862. The van der Waals surface area contributed by atoms with Crippen molar-refractivity contribution in [1.82, 2.24) is 9.62 Å². The summed E-state index contributed by atoms with van der Waals surface area (Å²) in [6.45, 7) is 2.14. The summed E-state index contributed by atoms with van der Waals surface area (Å²) in [6, 6.07) is 1.59. The van der Waals surface area contributed by atoms with Gasteiger partial charge in [0.05, 0.1) is 5.84 Å². The molecule has 3 aliphatic rings. The standard InChI is InChI=1S/C18H24N4O3S.K/c1-11(19)22-9-14(10-22)26(24,25)21-18(23)20-17-15-6-2-4-12(15)8-13-5-3-7-16(13)17;/h8,14,19H,2-7,9-10H2,1H3,(H2,20,21,23);. The molecule has 0 bridgehead atoms. The molecule has 27 heavy (non-hydrogen) atoms. The molecule has 0 aromatic heterocycles. The van der Waals surface area contributed by atoms with Crippen LogP contribution in [0.2, 0.25) is 0 Å². The molecule has 1 saturated heterocycles. The summed E-state index contributed by atoms with van der Waals surface area (Å²) in [5.74, 6) is 0.344. The van der Waals surface area contributed by atoms with Crippen LogP contribution in [-0.4, -0.2) is 94.9 Å². The van der Waals surface area contributed by atoms with Gasteiger partial charge in [-0.2, -0.15) is 0 Å². The summed E-state index contributed by atoms with van der Waals surface area (Å²) < 4.78 is 26.9. The van der Waals surface area contributed by atoms with Crippen LogP contribution in [0.4, 0.5) is 10.5 Å². The Morgan fingerprint density at radius 3 is 2.19 bits per heavy atom. The molecule has 1 aromatic rings. The Hall–Kier alpha value is -0.454. The predicted octanol–water partition coefficient (Wildman–Crippen LogP) is 1.42. The molecule has 0 unspecified atom stereocenters. The summed E-state index contributed by atoms with van der Waals surface area (Å²) in [6.07, 6.45) is 6.07. The maximum Gasteiger partial charge on any atom is 0.332 e. The molecule has 1 aromatic carbocycles. The van der Waals surface area contributed by atoms with Gasteiger partial charge in [0.15, 0.2) is 0 Å². The molecule has 2 aliphatic carbocycles. The van der Waals surface area contributed by atoms with Crippen LogP contribution in [0.25, 0.3) is 0 Å². The molecule has 7 nitrogen and oxygen atoms in total. The van der Waals surface area contributed by atoms with Gasteiger partial charge in [0.2, 0.25) is 10.0 Å². The number of carbonyl (C=O) groups excluding carboxylic acids is 1. The van der Waals surface area contributed by atoms with E-state index in [1.165, 1.54) is 22.3 Å². The first-order valence-corrected chi connectivity index (χ1v) is 10.7. The van der Waals surface area contributed by atoms with E-state index in [4.69, 9.17) is 5.41 Å². The van der Waals surface area contributed by atoms with E-state index in [0.717, 1.165) is 44.2 Å². The zero-order chi connectivity index (χ0) is 18.5. The van der Waals surface area contributed by atoms with Crippen molar-refractivity contribution >= 4 is 79.0 Å². The van der Waals surface area contributed by atoms with Crippen molar-refractivity contribution in [2.75, 3.05) is 18.4 Å². The van der Waals surface area contributed by atoms with Gasteiger partial charge >= 0.3 is 6.03 Å². The molecule has 0 saturated carbocycles. The second-order valence-corrected chi connectivity index (χ2v) is 9.41. The molecular weight excluding hydrogens is 391 g/mol. The van der Waals surface area contributed by atoms with E-state index in [-0.39, 0.29) is 64.5 Å². The molecule has 3 N–H and O–H groups in total. The second-order valence-electron chi connectivity index (χ2n) is 7.45. The number of benzene rings is 1. The van der Waals surface area contributed by atoms with Crippen LogP contribution in [0.5, 0.6) is 0 Å². The van der Waals surface area contributed by atoms with E-state index >= 15 is 0 Å². The van der Waals surface area contributed by atoms with E-state index < -0.39 is 21.3 Å². The molecular formula is C18H24KN4O3S. The molecule has 1 radical (unpaired) electrons. The number of hydrogen-bond acceptors (Lipinski definition) is 4. The number of amides is 2. The number of carbonyl (C=O) groups is 1. The van der Waals surface area contributed by atoms with Crippen molar-refractivity contribution in [2.24, 2.45) is 0 Å². The van der Waals surface area contributed by atoms with Crippen LogP contribution in [0.15, 0.2) is 6.07 Å². The fourth-order valence-electron chi connectivity index (χ4n) is 4.23. The number of likely N-dealkylation sites (tertiary alicyclic amines) is 1. The van der Waals surface area contributed by atoms with Gasteiger partial charge < -0.3 is 10.2 Å². The maximum atomic E-state index is 12.4. The minimum atomic E-state index is -3.74. The molecule has 9 heteroatoms. The number of rotatable bonds is 3. The number of aryl methyl sites for hydroxylation is 2. The van der Waals surface area contributed by atoms with Crippen LogP contribution < -0.4 is 10.0 Å². The first kappa shape index (κ1) is 21.3. The van der Waals surface area contributed by atoms with Crippen LogP contribution in [0.3, 0.4) is 0 Å². The topological polar surface area (TPSA) is 102 Å². The number of anilines is 1. The van der Waals surface area contributed by atoms with Crippen LogP contribution in [0.1, 0.15) is 42.0 Å². The Labute approximate surface area is 202 Å². The van der Waals surface area contributed by atoms with Crippen LogP contribution in [-0.2, 0) is 35.7 Å². The average Bonchev–Trinajstić information content (AvgIpc) is 3.12. The summed E-state index contributed by atoms with van der Waals surface area (Å²) in [5.41, 5.74) is 5.77. The number of hydrogen-bond donors (Lipinski definition) is 3. The number of amidine groups is 1. The zero-order valence-electron chi connectivity index (χ0n) is 15.9. The Balaban J connectivity index is 0.00000210. The summed E-state index contributed by atoms with van der Waals surface area (Å²) in [7, 11) is -3.74. The maximum absolute atomic E-state index is 12.4. The molecule has 1 heterocycles. The fourth-order valence-corrected chi connectivity index (χ4v) is 5.46. The van der Waals surface area contributed by atoms with E-state index in [1.54, 1.807) is 11.8 Å². The molecule has 2 amide bonds. The third-order valence-electron chi connectivity index (χ3n) is 5.71. The Kier molecular flexibility index (Phi) is 6.39. The number of nitrogens with one attached hydrogen (secondary N) is 3. The van der Waals surface area contributed by atoms with Gasteiger partial charge in [0, 0.05) is 70.2 Å². The van der Waals surface area contributed by atoms with Crippen LogP contribution in [0, 0.1) is 5.41 Å². The van der Waals surface area contributed by atoms with E-state index in [0.29, 0.717) is 5.84 Å². The SMILES string of the molecule is CC(=N)N1CC(S(=O)(=O)NC(=O)Nc2c3c(cc4c2CCC4)CCC3)C1.[K]. The smallest absolute Gasteiger partial charge is 0.332 e. The number of urea groups is 1. The number of nitrogens with zero attached hydrogens (tertiary/aromatic N) is 1. The molecule has 0 spiro atoms. The van der Waals surface area contributed by atoms with E-state index in [1.807, 2.05) is 0 Å². The molecule has 4 rings (SSSR count). The quantitative estimate of drug-likeness (QED) is 0.395. The van der Waals surface area contributed by atoms with Gasteiger partial charge in [0.25, 0.3) is 0 Å². The largest absolute Gasteiger partial charge is 0.358 e. The Morgan fingerprint density at radius 2 is 1.67 bits per heavy atom. The normalized spacial score (nSPS) is 18.2. The van der Waals surface area contributed by atoms with Crippen molar-refractivity contribution in [3.05, 3.63) is 28.3 Å². The minimum Gasteiger partial charge on any atom is -0.358 e. The summed E-state index contributed by atoms with van der Waals surface area (Å²) in [5, 5.41) is 9.71. The predicted molar refractivity (Wildman–Crippen MR) is 106 cm³/mol.